The SMILES string of the molecule is COc1ccc(Nc2nc(C(c3ccccc3)c3ccccc3)nc3nc[nH]c23)cc1. The molecule has 0 unspecified atom stereocenters. The number of methoxy groups -OCH3 is 1. The number of rotatable bonds is 6. The second kappa shape index (κ2) is 8.28. The molecule has 5 aromatic rings. The van der Waals surface area contributed by atoms with Crippen LogP contribution in [0.1, 0.15) is 22.9 Å². The van der Waals surface area contributed by atoms with E-state index >= 15 is 0 Å². The highest BCUT2D eigenvalue weighted by molar-refractivity contribution is 5.85. The van der Waals surface area contributed by atoms with Crippen molar-refractivity contribution in [3.05, 3.63) is 108 Å². The Labute approximate surface area is 180 Å². The van der Waals surface area contributed by atoms with Crippen molar-refractivity contribution in [3.63, 3.8) is 0 Å². The van der Waals surface area contributed by atoms with Gasteiger partial charge in [-0.1, -0.05) is 60.7 Å². The smallest absolute Gasteiger partial charge is 0.183 e. The number of imidazole rings is 1. The van der Waals surface area contributed by atoms with E-state index in [0.717, 1.165) is 28.1 Å². The summed E-state index contributed by atoms with van der Waals surface area (Å²) in [6.07, 6.45) is 1.64. The minimum absolute atomic E-state index is 0.111. The Bertz CT molecular complexity index is 1240. The highest BCUT2D eigenvalue weighted by atomic mass is 16.5. The first-order valence-corrected chi connectivity index (χ1v) is 10.0. The Kier molecular flexibility index (Phi) is 5.02. The average molecular weight is 407 g/mol. The van der Waals surface area contributed by atoms with Gasteiger partial charge in [-0.3, -0.25) is 0 Å². The number of H-pyrrole nitrogens is 1. The monoisotopic (exact) mass is 407 g/mol. The first-order chi connectivity index (χ1) is 15.3. The molecule has 0 saturated carbocycles. The molecule has 152 valence electrons. The van der Waals surface area contributed by atoms with Gasteiger partial charge in [-0.05, 0) is 35.4 Å². The van der Waals surface area contributed by atoms with Gasteiger partial charge in [0.15, 0.2) is 11.5 Å². The van der Waals surface area contributed by atoms with Crippen LogP contribution in [-0.4, -0.2) is 27.0 Å². The van der Waals surface area contributed by atoms with Crippen LogP contribution in [0.5, 0.6) is 5.75 Å². The Balaban J connectivity index is 1.63. The van der Waals surface area contributed by atoms with Gasteiger partial charge in [-0.25, -0.2) is 15.0 Å². The molecule has 5 rings (SSSR count). The number of aromatic amines is 1. The van der Waals surface area contributed by atoms with Crippen LogP contribution in [0.2, 0.25) is 0 Å². The highest BCUT2D eigenvalue weighted by Crippen LogP contribution is 2.32. The molecule has 6 heteroatoms. The van der Waals surface area contributed by atoms with Crippen LogP contribution in [0, 0.1) is 0 Å². The molecule has 0 fully saturated rings. The van der Waals surface area contributed by atoms with Gasteiger partial charge in [0.05, 0.1) is 19.4 Å². The molecule has 3 aromatic carbocycles. The molecule has 2 aromatic heterocycles. The van der Waals surface area contributed by atoms with Gasteiger partial charge in [0, 0.05) is 5.69 Å². The standard InChI is InChI=1S/C25H21N5O/c1-31-20-14-12-19(13-15-20)28-25-22-24(27-16-26-22)29-23(30-25)21(17-8-4-2-5-9-17)18-10-6-3-7-11-18/h2-16,21H,1H3,(H2,26,27,28,29,30). The molecular weight excluding hydrogens is 386 g/mol. The summed E-state index contributed by atoms with van der Waals surface area (Å²) in [4.78, 5) is 17.3. The lowest BCUT2D eigenvalue weighted by molar-refractivity contribution is 0.415. The number of nitrogens with zero attached hydrogens (tertiary/aromatic N) is 3. The van der Waals surface area contributed by atoms with Crippen molar-refractivity contribution >= 4 is 22.7 Å². The maximum atomic E-state index is 5.26. The van der Waals surface area contributed by atoms with E-state index in [9.17, 15) is 0 Å². The summed E-state index contributed by atoms with van der Waals surface area (Å²) in [6, 6.07) is 28.3. The third-order valence-corrected chi connectivity index (χ3v) is 5.18. The first-order valence-electron chi connectivity index (χ1n) is 10.0. The zero-order chi connectivity index (χ0) is 21.0. The van der Waals surface area contributed by atoms with Gasteiger partial charge >= 0.3 is 0 Å². The van der Waals surface area contributed by atoms with Crippen LogP contribution in [0.4, 0.5) is 11.5 Å². The fourth-order valence-corrected chi connectivity index (χ4v) is 3.66. The van der Waals surface area contributed by atoms with Crippen molar-refractivity contribution in [3.8, 4) is 5.75 Å². The zero-order valence-electron chi connectivity index (χ0n) is 17.0. The molecule has 0 amide bonds. The largest absolute Gasteiger partial charge is 0.497 e. The highest BCUT2D eigenvalue weighted by Gasteiger charge is 2.22. The van der Waals surface area contributed by atoms with Crippen LogP contribution in [0.25, 0.3) is 11.2 Å². The lowest BCUT2D eigenvalue weighted by Crippen LogP contribution is -2.10. The summed E-state index contributed by atoms with van der Waals surface area (Å²) >= 11 is 0. The van der Waals surface area contributed by atoms with Crippen molar-refractivity contribution in [1.29, 1.82) is 0 Å². The molecule has 0 aliphatic rings. The number of ether oxygens (including phenoxy) is 1. The first kappa shape index (κ1) is 18.8. The van der Waals surface area contributed by atoms with E-state index in [1.165, 1.54) is 0 Å². The number of aromatic nitrogens is 4. The molecular formula is C25H21N5O. The second-order valence-electron chi connectivity index (χ2n) is 7.14. The maximum absolute atomic E-state index is 5.26. The van der Waals surface area contributed by atoms with Gasteiger partial charge in [0.25, 0.3) is 0 Å². The van der Waals surface area contributed by atoms with Crippen LogP contribution in [0.3, 0.4) is 0 Å². The molecule has 6 nitrogen and oxygen atoms in total. The summed E-state index contributed by atoms with van der Waals surface area (Å²) in [5.41, 5.74) is 4.53. The maximum Gasteiger partial charge on any atom is 0.183 e. The van der Waals surface area contributed by atoms with Crippen molar-refractivity contribution in [1.82, 2.24) is 19.9 Å². The molecule has 31 heavy (non-hydrogen) atoms. The number of benzene rings is 3. The molecule has 0 aliphatic carbocycles. The van der Waals surface area contributed by atoms with Gasteiger partial charge in [0.1, 0.15) is 17.1 Å². The number of hydrogen-bond acceptors (Lipinski definition) is 5. The Morgan fingerprint density at radius 1 is 0.806 bits per heavy atom. The third kappa shape index (κ3) is 3.83. The summed E-state index contributed by atoms with van der Waals surface area (Å²) < 4.78 is 5.26. The van der Waals surface area contributed by atoms with Crippen LogP contribution in [-0.2, 0) is 0 Å². The minimum atomic E-state index is -0.111. The summed E-state index contributed by atoms with van der Waals surface area (Å²) in [5.74, 6) is 2.06. The number of anilines is 2. The molecule has 2 heterocycles. The van der Waals surface area contributed by atoms with E-state index in [0.29, 0.717) is 17.3 Å². The van der Waals surface area contributed by atoms with Crippen LogP contribution >= 0.6 is 0 Å². The van der Waals surface area contributed by atoms with E-state index in [1.807, 2.05) is 60.7 Å². The lowest BCUT2D eigenvalue weighted by atomic mass is 9.90. The topological polar surface area (TPSA) is 75.7 Å². The van der Waals surface area contributed by atoms with E-state index in [2.05, 4.69) is 39.6 Å². The van der Waals surface area contributed by atoms with E-state index in [-0.39, 0.29) is 5.92 Å². The molecule has 0 radical (unpaired) electrons. The molecule has 0 atom stereocenters. The predicted octanol–water partition coefficient (Wildman–Crippen LogP) is 5.29. The molecule has 2 N–H and O–H groups in total. The van der Waals surface area contributed by atoms with Gasteiger partial charge in [0.2, 0.25) is 0 Å². The number of nitrogens with one attached hydrogen (secondary N) is 2. The van der Waals surface area contributed by atoms with Crippen molar-refractivity contribution in [2.45, 2.75) is 5.92 Å². The summed E-state index contributed by atoms with van der Waals surface area (Å²) in [6.45, 7) is 0. The summed E-state index contributed by atoms with van der Waals surface area (Å²) in [5, 5.41) is 3.40. The van der Waals surface area contributed by atoms with Gasteiger partial charge < -0.3 is 15.0 Å². The number of fused-ring (bicyclic) bond motifs is 1. The zero-order valence-corrected chi connectivity index (χ0v) is 17.0. The lowest BCUT2D eigenvalue weighted by Gasteiger charge is -2.18. The fraction of sp³-hybridized carbons (Fsp3) is 0.0800. The fourth-order valence-electron chi connectivity index (χ4n) is 3.66. The predicted molar refractivity (Wildman–Crippen MR) is 122 cm³/mol. The van der Waals surface area contributed by atoms with Crippen molar-refractivity contribution in [2.75, 3.05) is 12.4 Å². The second-order valence-corrected chi connectivity index (χ2v) is 7.14. The van der Waals surface area contributed by atoms with Crippen LogP contribution < -0.4 is 10.1 Å². The van der Waals surface area contributed by atoms with E-state index < -0.39 is 0 Å². The van der Waals surface area contributed by atoms with E-state index in [1.54, 1.807) is 13.4 Å². The Hall–Kier alpha value is -4.19. The van der Waals surface area contributed by atoms with Crippen molar-refractivity contribution in [2.24, 2.45) is 0 Å². The van der Waals surface area contributed by atoms with Crippen LogP contribution in [0.15, 0.2) is 91.3 Å². The molecule has 0 spiro atoms. The van der Waals surface area contributed by atoms with Gasteiger partial charge in [-0.2, -0.15) is 0 Å². The van der Waals surface area contributed by atoms with E-state index in [4.69, 9.17) is 14.7 Å². The van der Waals surface area contributed by atoms with Crippen molar-refractivity contribution < 1.29 is 4.74 Å². The average Bonchev–Trinajstić information content (AvgIpc) is 3.30. The Morgan fingerprint density at radius 2 is 1.45 bits per heavy atom. The number of hydrogen-bond donors (Lipinski definition) is 2. The Morgan fingerprint density at radius 3 is 2.06 bits per heavy atom. The third-order valence-electron chi connectivity index (χ3n) is 5.18. The quantitative estimate of drug-likeness (QED) is 0.400. The van der Waals surface area contributed by atoms with Gasteiger partial charge in [-0.15, -0.1) is 0 Å². The normalized spacial score (nSPS) is 11.0. The molecule has 0 aliphatic heterocycles. The molecule has 0 saturated heterocycles. The molecule has 0 bridgehead atoms. The minimum Gasteiger partial charge on any atom is -0.497 e. The summed E-state index contributed by atoms with van der Waals surface area (Å²) in [7, 11) is 1.65.